The van der Waals surface area contributed by atoms with Crippen molar-refractivity contribution in [1.29, 1.82) is 0 Å². The molecule has 112 valence electrons. The molecule has 0 amide bonds. The minimum absolute atomic E-state index is 0.118. The molecular formula is C16H25NO3. The standard InChI is InChI=1S/C16H25NO3/c1-11(2)17(7-8-19-3)15-9-12-5-6-13(20-4)10-14(12)16(15)18/h5-6,10-11,15-16,18H,7-9H2,1-4H3. The molecule has 0 bridgehead atoms. The predicted octanol–water partition coefficient (Wildman–Crippen LogP) is 2.01. The number of hydrogen-bond acceptors (Lipinski definition) is 4. The number of fused-ring (bicyclic) bond motifs is 1. The molecule has 2 unspecified atom stereocenters. The summed E-state index contributed by atoms with van der Waals surface area (Å²) in [7, 11) is 3.36. The van der Waals surface area contributed by atoms with Gasteiger partial charge < -0.3 is 14.6 Å². The topological polar surface area (TPSA) is 41.9 Å². The van der Waals surface area contributed by atoms with Crippen LogP contribution in [-0.2, 0) is 11.2 Å². The summed E-state index contributed by atoms with van der Waals surface area (Å²) in [5.74, 6) is 0.802. The third kappa shape index (κ3) is 2.97. The smallest absolute Gasteiger partial charge is 0.119 e. The molecule has 1 aromatic rings. The first kappa shape index (κ1) is 15.3. The minimum atomic E-state index is -0.459. The van der Waals surface area contributed by atoms with E-state index in [-0.39, 0.29) is 6.04 Å². The third-order valence-electron chi connectivity index (χ3n) is 4.11. The number of ether oxygens (including phenoxy) is 2. The van der Waals surface area contributed by atoms with Crippen molar-refractivity contribution in [2.24, 2.45) is 0 Å². The Morgan fingerprint density at radius 2 is 2.10 bits per heavy atom. The molecule has 1 aliphatic rings. The Balaban J connectivity index is 2.19. The molecule has 2 rings (SSSR count). The highest BCUT2D eigenvalue weighted by atomic mass is 16.5. The van der Waals surface area contributed by atoms with E-state index in [9.17, 15) is 5.11 Å². The molecule has 0 saturated heterocycles. The maximum Gasteiger partial charge on any atom is 0.119 e. The van der Waals surface area contributed by atoms with E-state index in [1.54, 1.807) is 14.2 Å². The van der Waals surface area contributed by atoms with Crippen LogP contribution in [0.5, 0.6) is 5.75 Å². The Labute approximate surface area is 121 Å². The number of hydrogen-bond donors (Lipinski definition) is 1. The fourth-order valence-corrected chi connectivity index (χ4v) is 3.01. The largest absolute Gasteiger partial charge is 0.497 e. The SMILES string of the molecule is COCCN(C(C)C)C1Cc2ccc(OC)cc2C1O. The lowest BCUT2D eigenvalue weighted by molar-refractivity contribution is 0.0258. The minimum Gasteiger partial charge on any atom is -0.497 e. The molecule has 4 nitrogen and oxygen atoms in total. The molecule has 1 aromatic carbocycles. The lowest BCUT2D eigenvalue weighted by atomic mass is 10.1. The second-order valence-electron chi connectivity index (χ2n) is 5.61. The summed E-state index contributed by atoms with van der Waals surface area (Å²) in [4.78, 5) is 2.32. The van der Waals surface area contributed by atoms with Crippen molar-refractivity contribution >= 4 is 0 Å². The molecule has 20 heavy (non-hydrogen) atoms. The lowest BCUT2D eigenvalue weighted by Crippen LogP contribution is -2.44. The number of aliphatic hydroxyl groups is 1. The van der Waals surface area contributed by atoms with Gasteiger partial charge in [0.25, 0.3) is 0 Å². The highest BCUT2D eigenvalue weighted by Crippen LogP contribution is 2.37. The Kier molecular flexibility index (Phi) is 5.02. The molecule has 4 heteroatoms. The number of benzene rings is 1. The summed E-state index contributed by atoms with van der Waals surface area (Å²) < 4.78 is 10.4. The quantitative estimate of drug-likeness (QED) is 0.865. The Bertz CT molecular complexity index is 447. The van der Waals surface area contributed by atoms with Crippen LogP contribution in [0.15, 0.2) is 18.2 Å². The first-order chi connectivity index (χ1) is 9.58. The molecular weight excluding hydrogens is 254 g/mol. The maximum atomic E-state index is 10.6. The zero-order chi connectivity index (χ0) is 14.7. The molecule has 1 aliphatic carbocycles. The van der Waals surface area contributed by atoms with Crippen LogP contribution in [0.4, 0.5) is 0 Å². The van der Waals surface area contributed by atoms with Gasteiger partial charge in [-0.3, -0.25) is 4.90 Å². The van der Waals surface area contributed by atoms with Crippen molar-refractivity contribution in [3.8, 4) is 5.75 Å². The molecule has 1 N–H and O–H groups in total. The first-order valence-corrected chi connectivity index (χ1v) is 7.18. The van der Waals surface area contributed by atoms with Crippen molar-refractivity contribution in [2.45, 2.75) is 38.5 Å². The van der Waals surface area contributed by atoms with E-state index in [2.05, 4.69) is 24.8 Å². The number of rotatable bonds is 6. The van der Waals surface area contributed by atoms with E-state index in [0.29, 0.717) is 12.6 Å². The van der Waals surface area contributed by atoms with Crippen LogP contribution in [0.1, 0.15) is 31.1 Å². The van der Waals surface area contributed by atoms with Gasteiger partial charge in [-0.25, -0.2) is 0 Å². The zero-order valence-electron chi connectivity index (χ0n) is 12.8. The molecule has 0 aliphatic heterocycles. The van der Waals surface area contributed by atoms with Gasteiger partial charge in [0.1, 0.15) is 5.75 Å². The van der Waals surface area contributed by atoms with Crippen LogP contribution < -0.4 is 4.74 Å². The highest BCUT2D eigenvalue weighted by molar-refractivity contribution is 5.41. The molecule has 0 radical (unpaired) electrons. The Morgan fingerprint density at radius 1 is 1.35 bits per heavy atom. The fourth-order valence-electron chi connectivity index (χ4n) is 3.01. The molecule has 2 atom stereocenters. The van der Waals surface area contributed by atoms with E-state index in [1.165, 1.54) is 5.56 Å². The van der Waals surface area contributed by atoms with E-state index in [4.69, 9.17) is 9.47 Å². The van der Waals surface area contributed by atoms with Gasteiger partial charge in [-0.15, -0.1) is 0 Å². The van der Waals surface area contributed by atoms with Crippen LogP contribution in [0, 0.1) is 0 Å². The summed E-state index contributed by atoms with van der Waals surface area (Å²) in [6.45, 7) is 5.83. The van der Waals surface area contributed by atoms with Gasteiger partial charge in [0.15, 0.2) is 0 Å². The molecule has 0 saturated carbocycles. The second-order valence-corrected chi connectivity index (χ2v) is 5.61. The number of aliphatic hydroxyl groups excluding tert-OH is 1. The summed E-state index contributed by atoms with van der Waals surface area (Å²) in [5.41, 5.74) is 2.21. The van der Waals surface area contributed by atoms with Crippen LogP contribution in [0.25, 0.3) is 0 Å². The van der Waals surface area contributed by atoms with Gasteiger partial charge in [0.05, 0.1) is 19.8 Å². The van der Waals surface area contributed by atoms with Crippen LogP contribution in [-0.4, -0.2) is 49.5 Å². The van der Waals surface area contributed by atoms with Gasteiger partial charge in [-0.05, 0) is 43.5 Å². The third-order valence-corrected chi connectivity index (χ3v) is 4.11. The van der Waals surface area contributed by atoms with Crippen LogP contribution >= 0.6 is 0 Å². The molecule has 0 fully saturated rings. The fraction of sp³-hybridized carbons (Fsp3) is 0.625. The van der Waals surface area contributed by atoms with Gasteiger partial charge in [0, 0.05) is 25.7 Å². The first-order valence-electron chi connectivity index (χ1n) is 7.18. The summed E-state index contributed by atoms with van der Waals surface area (Å²) in [6.07, 6.45) is 0.418. The van der Waals surface area contributed by atoms with Crippen molar-refractivity contribution in [3.63, 3.8) is 0 Å². The second kappa shape index (κ2) is 6.57. The molecule has 0 heterocycles. The van der Waals surface area contributed by atoms with Crippen molar-refractivity contribution in [3.05, 3.63) is 29.3 Å². The zero-order valence-corrected chi connectivity index (χ0v) is 12.8. The van der Waals surface area contributed by atoms with Crippen molar-refractivity contribution < 1.29 is 14.6 Å². The molecule has 0 spiro atoms. The van der Waals surface area contributed by atoms with Gasteiger partial charge in [-0.1, -0.05) is 6.07 Å². The highest BCUT2D eigenvalue weighted by Gasteiger charge is 2.36. The summed E-state index contributed by atoms with van der Waals surface area (Å²) in [5, 5.41) is 10.6. The Hall–Kier alpha value is -1.10. The average molecular weight is 279 g/mol. The summed E-state index contributed by atoms with van der Waals surface area (Å²) >= 11 is 0. The van der Waals surface area contributed by atoms with Gasteiger partial charge in [-0.2, -0.15) is 0 Å². The number of methoxy groups -OCH3 is 2. The van der Waals surface area contributed by atoms with Crippen LogP contribution in [0.3, 0.4) is 0 Å². The van der Waals surface area contributed by atoms with E-state index >= 15 is 0 Å². The van der Waals surface area contributed by atoms with Crippen molar-refractivity contribution in [2.75, 3.05) is 27.4 Å². The van der Waals surface area contributed by atoms with Gasteiger partial charge in [0.2, 0.25) is 0 Å². The van der Waals surface area contributed by atoms with Gasteiger partial charge >= 0.3 is 0 Å². The summed E-state index contributed by atoms with van der Waals surface area (Å²) in [6, 6.07) is 6.47. The lowest BCUT2D eigenvalue weighted by Gasteiger charge is -2.34. The number of nitrogens with zero attached hydrogens (tertiary/aromatic N) is 1. The monoisotopic (exact) mass is 279 g/mol. The normalized spacial score (nSPS) is 21.6. The van der Waals surface area contributed by atoms with E-state index < -0.39 is 6.10 Å². The predicted molar refractivity (Wildman–Crippen MR) is 79.2 cm³/mol. The average Bonchev–Trinajstić information content (AvgIpc) is 2.76. The maximum absolute atomic E-state index is 10.6. The van der Waals surface area contributed by atoms with E-state index in [0.717, 1.165) is 24.3 Å². The van der Waals surface area contributed by atoms with Crippen molar-refractivity contribution in [1.82, 2.24) is 4.90 Å². The van der Waals surface area contributed by atoms with E-state index in [1.807, 2.05) is 12.1 Å². The van der Waals surface area contributed by atoms with Crippen LogP contribution in [0.2, 0.25) is 0 Å². The Morgan fingerprint density at radius 3 is 2.70 bits per heavy atom. The molecule has 0 aromatic heterocycles.